The summed E-state index contributed by atoms with van der Waals surface area (Å²) < 4.78 is 39.2. The molecule has 1 heterocycles. The van der Waals surface area contributed by atoms with Gasteiger partial charge < -0.3 is 4.98 Å². The number of H-pyrrole nitrogens is 1. The van der Waals surface area contributed by atoms with Crippen LogP contribution in [0.5, 0.6) is 0 Å². The molecule has 0 amide bonds. The Balaban J connectivity index is 1.67. The van der Waals surface area contributed by atoms with Gasteiger partial charge in [-0.3, -0.25) is 4.72 Å². The maximum absolute atomic E-state index is 13.3. The van der Waals surface area contributed by atoms with Crippen LogP contribution in [0.2, 0.25) is 5.02 Å². The molecule has 3 aromatic carbocycles. The number of halogens is 2. The van der Waals surface area contributed by atoms with Crippen molar-refractivity contribution in [1.82, 2.24) is 9.97 Å². The third-order valence-corrected chi connectivity index (χ3v) is 5.29. The molecule has 0 saturated heterocycles. The van der Waals surface area contributed by atoms with Crippen LogP contribution >= 0.6 is 11.6 Å². The highest BCUT2D eigenvalue weighted by Crippen LogP contribution is 2.30. The number of hydrogen-bond donors (Lipinski definition) is 2. The molecule has 30 heavy (non-hydrogen) atoms. The minimum atomic E-state index is -3.40. The lowest BCUT2D eigenvalue weighted by atomic mass is 10.0. The van der Waals surface area contributed by atoms with E-state index in [1.807, 2.05) is 30.3 Å². The monoisotopic (exact) mass is 441 g/mol. The quantitative estimate of drug-likeness (QED) is 0.425. The number of rotatable bonds is 5. The van der Waals surface area contributed by atoms with Crippen molar-refractivity contribution >= 4 is 50.5 Å². The fourth-order valence-electron chi connectivity index (χ4n) is 3.09. The summed E-state index contributed by atoms with van der Waals surface area (Å²) in [6.45, 7) is 0. The zero-order chi connectivity index (χ0) is 21.3. The van der Waals surface area contributed by atoms with Crippen molar-refractivity contribution in [2.45, 2.75) is 0 Å². The Morgan fingerprint density at radius 2 is 1.87 bits per heavy atom. The largest absolute Gasteiger partial charge is 0.338 e. The summed E-state index contributed by atoms with van der Waals surface area (Å²) in [6, 6.07) is 17.3. The molecule has 0 bridgehead atoms. The van der Waals surface area contributed by atoms with Crippen molar-refractivity contribution < 1.29 is 12.8 Å². The van der Waals surface area contributed by atoms with Crippen LogP contribution in [-0.2, 0) is 10.0 Å². The number of benzene rings is 3. The molecule has 4 rings (SSSR count). The fraction of sp³-hybridized carbons (Fsp3) is 0.0455. The average molecular weight is 442 g/mol. The second-order valence-electron chi connectivity index (χ2n) is 6.78. The molecule has 0 aliphatic heterocycles. The molecule has 0 atom stereocenters. The number of sulfonamides is 1. The van der Waals surface area contributed by atoms with Crippen LogP contribution in [0.1, 0.15) is 11.4 Å². The maximum Gasteiger partial charge on any atom is 0.229 e. The zero-order valence-electron chi connectivity index (χ0n) is 15.9. The van der Waals surface area contributed by atoms with Crippen molar-refractivity contribution in [1.29, 1.82) is 0 Å². The molecule has 0 radical (unpaired) electrons. The molecular weight excluding hydrogens is 425 g/mol. The van der Waals surface area contributed by atoms with Gasteiger partial charge in [0, 0.05) is 5.56 Å². The smallest absolute Gasteiger partial charge is 0.229 e. The summed E-state index contributed by atoms with van der Waals surface area (Å²) in [5, 5.41) is 0.0627. The van der Waals surface area contributed by atoms with Crippen molar-refractivity contribution in [2.75, 3.05) is 11.0 Å². The van der Waals surface area contributed by atoms with E-state index >= 15 is 0 Å². The Morgan fingerprint density at radius 1 is 1.07 bits per heavy atom. The minimum absolute atomic E-state index is 0.0627. The lowest BCUT2D eigenvalue weighted by Gasteiger charge is -2.10. The first-order valence-electron chi connectivity index (χ1n) is 8.98. The molecular formula is C22H17ClFN3O2S. The SMILES string of the molecule is CS(=O)(=O)Nc1ccccc1-c1ccc2nc(/C=C/c3ccc(F)c(Cl)c3)[nH]c2c1. The molecule has 0 unspecified atom stereocenters. The van der Waals surface area contributed by atoms with Gasteiger partial charge in [0.2, 0.25) is 10.0 Å². The molecule has 1 aromatic heterocycles. The Hall–Kier alpha value is -3.16. The number of nitrogens with one attached hydrogen (secondary N) is 2. The van der Waals surface area contributed by atoms with E-state index < -0.39 is 15.8 Å². The van der Waals surface area contributed by atoms with Crippen molar-refractivity contribution in [3.63, 3.8) is 0 Å². The highest BCUT2D eigenvalue weighted by atomic mass is 35.5. The average Bonchev–Trinajstić information content (AvgIpc) is 3.10. The van der Waals surface area contributed by atoms with Gasteiger partial charge in [-0.15, -0.1) is 0 Å². The van der Waals surface area contributed by atoms with E-state index in [0.717, 1.165) is 34.0 Å². The topological polar surface area (TPSA) is 74.8 Å². The molecule has 2 N–H and O–H groups in total. The molecule has 152 valence electrons. The second kappa shape index (κ2) is 7.93. The Kier molecular flexibility index (Phi) is 5.32. The Morgan fingerprint density at radius 3 is 2.63 bits per heavy atom. The van der Waals surface area contributed by atoms with E-state index in [2.05, 4.69) is 14.7 Å². The van der Waals surface area contributed by atoms with Crippen LogP contribution in [0.25, 0.3) is 34.3 Å². The number of aromatic amines is 1. The molecule has 8 heteroatoms. The maximum atomic E-state index is 13.3. The van der Waals surface area contributed by atoms with Gasteiger partial charge in [0.25, 0.3) is 0 Å². The predicted octanol–water partition coefficient (Wildman–Crippen LogP) is 5.56. The normalized spacial score (nSPS) is 12.0. The van der Waals surface area contributed by atoms with Gasteiger partial charge in [0.15, 0.2) is 0 Å². The third kappa shape index (κ3) is 4.53. The first-order chi connectivity index (χ1) is 14.3. The molecule has 0 aliphatic rings. The lowest BCUT2D eigenvalue weighted by Crippen LogP contribution is -2.10. The fourth-order valence-corrected chi connectivity index (χ4v) is 3.86. The number of nitrogens with zero attached hydrogens (tertiary/aromatic N) is 1. The number of hydrogen-bond acceptors (Lipinski definition) is 3. The highest BCUT2D eigenvalue weighted by molar-refractivity contribution is 7.92. The predicted molar refractivity (Wildman–Crippen MR) is 120 cm³/mol. The van der Waals surface area contributed by atoms with Crippen molar-refractivity contribution in [3.8, 4) is 11.1 Å². The first-order valence-corrected chi connectivity index (χ1v) is 11.3. The number of aromatic nitrogens is 2. The van der Waals surface area contributed by atoms with Gasteiger partial charge in [-0.2, -0.15) is 0 Å². The van der Waals surface area contributed by atoms with E-state index in [1.165, 1.54) is 6.07 Å². The number of imidazole rings is 1. The third-order valence-electron chi connectivity index (χ3n) is 4.41. The number of fused-ring (bicyclic) bond motifs is 1. The summed E-state index contributed by atoms with van der Waals surface area (Å²) in [5.74, 6) is 0.167. The van der Waals surface area contributed by atoms with Crippen molar-refractivity contribution in [2.24, 2.45) is 0 Å². The first kappa shape index (κ1) is 20.1. The van der Waals surface area contributed by atoms with Gasteiger partial charge in [-0.25, -0.2) is 17.8 Å². The molecule has 4 aromatic rings. The van der Waals surface area contributed by atoms with Crippen LogP contribution in [0.4, 0.5) is 10.1 Å². The summed E-state index contributed by atoms with van der Waals surface area (Å²) in [5.41, 5.74) is 4.44. The van der Waals surface area contributed by atoms with E-state index in [-0.39, 0.29) is 5.02 Å². The lowest BCUT2D eigenvalue weighted by molar-refractivity contribution is 0.607. The summed E-state index contributed by atoms with van der Waals surface area (Å²) >= 11 is 5.81. The standard InChI is InChI=1S/C22H17ClFN3O2S/c1-30(28,29)27-19-5-3-2-4-16(19)15-8-10-20-21(13-15)26-22(25-20)11-7-14-6-9-18(24)17(23)12-14/h2-13,27H,1H3,(H,25,26)/b11-7+. The van der Waals surface area contributed by atoms with Crippen LogP contribution in [-0.4, -0.2) is 24.6 Å². The molecule has 0 aliphatic carbocycles. The van der Waals surface area contributed by atoms with E-state index in [4.69, 9.17) is 11.6 Å². The van der Waals surface area contributed by atoms with E-state index in [1.54, 1.807) is 36.4 Å². The van der Waals surface area contributed by atoms with Gasteiger partial charge >= 0.3 is 0 Å². The second-order valence-corrected chi connectivity index (χ2v) is 8.94. The summed E-state index contributed by atoms with van der Waals surface area (Å²) in [6.07, 6.45) is 4.69. The molecule has 5 nitrogen and oxygen atoms in total. The molecule has 0 saturated carbocycles. The molecule has 0 fully saturated rings. The number of para-hydroxylation sites is 1. The van der Waals surface area contributed by atoms with Crippen LogP contribution < -0.4 is 4.72 Å². The van der Waals surface area contributed by atoms with Gasteiger partial charge in [-0.05, 0) is 47.5 Å². The van der Waals surface area contributed by atoms with E-state index in [9.17, 15) is 12.8 Å². The summed E-state index contributed by atoms with van der Waals surface area (Å²) in [7, 11) is -3.40. The van der Waals surface area contributed by atoms with E-state index in [0.29, 0.717) is 11.5 Å². The minimum Gasteiger partial charge on any atom is -0.338 e. The van der Waals surface area contributed by atoms with Crippen LogP contribution in [0.3, 0.4) is 0 Å². The van der Waals surface area contributed by atoms with Crippen LogP contribution in [0.15, 0.2) is 60.7 Å². The van der Waals surface area contributed by atoms with Crippen molar-refractivity contribution in [3.05, 3.63) is 82.9 Å². The highest BCUT2D eigenvalue weighted by Gasteiger charge is 2.10. The zero-order valence-corrected chi connectivity index (χ0v) is 17.4. The van der Waals surface area contributed by atoms with Gasteiger partial charge in [0.05, 0.1) is 28.0 Å². The summed E-state index contributed by atoms with van der Waals surface area (Å²) in [4.78, 5) is 7.75. The van der Waals surface area contributed by atoms with Gasteiger partial charge in [0.1, 0.15) is 11.6 Å². The van der Waals surface area contributed by atoms with Crippen LogP contribution in [0, 0.1) is 5.82 Å². The molecule has 0 spiro atoms. The Bertz CT molecular complexity index is 1380. The van der Waals surface area contributed by atoms with Gasteiger partial charge in [-0.1, -0.05) is 48.0 Å². The number of anilines is 1. The Labute approximate surface area is 178 Å².